The molecule has 3 rings (SSSR count). The second-order valence-corrected chi connectivity index (χ2v) is 7.65. The van der Waals surface area contributed by atoms with Gasteiger partial charge in [-0.2, -0.15) is 13.2 Å². The Morgan fingerprint density at radius 3 is 2.06 bits per heavy atom. The molecule has 0 radical (unpaired) electrons. The molecule has 0 amide bonds. The smallest absolute Gasteiger partial charge is 0.418 e. The van der Waals surface area contributed by atoms with Crippen LogP contribution in [0.4, 0.5) is 13.2 Å². The van der Waals surface area contributed by atoms with E-state index in [-0.39, 0.29) is 17.5 Å². The maximum Gasteiger partial charge on any atom is 0.418 e. The number of pyridine rings is 1. The van der Waals surface area contributed by atoms with Crippen LogP contribution in [0.5, 0.6) is 5.75 Å². The molecule has 0 bridgehead atoms. The van der Waals surface area contributed by atoms with Crippen molar-refractivity contribution in [3.05, 3.63) is 69.9 Å². The van der Waals surface area contributed by atoms with Crippen molar-refractivity contribution in [3.63, 3.8) is 0 Å². The molecule has 0 fully saturated rings. The number of halogens is 4. The Morgan fingerprint density at radius 1 is 1.03 bits per heavy atom. The van der Waals surface area contributed by atoms with E-state index in [1.807, 2.05) is 0 Å². The molecule has 2 N–H and O–H groups in total. The van der Waals surface area contributed by atoms with Crippen molar-refractivity contribution in [1.29, 1.82) is 0 Å². The Bertz CT molecular complexity index is 1090. The summed E-state index contributed by atoms with van der Waals surface area (Å²) in [6, 6.07) is 9.48. The quantitative estimate of drug-likeness (QED) is 0.434. The van der Waals surface area contributed by atoms with Crippen molar-refractivity contribution in [3.8, 4) is 5.75 Å². The Kier molecular flexibility index (Phi) is 9.07. The maximum atomic E-state index is 13.3. The number of carboxylic acid groups (broad SMARTS) is 1. The normalized spacial score (nSPS) is 11.4. The van der Waals surface area contributed by atoms with Gasteiger partial charge in [0.15, 0.2) is 5.75 Å². The van der Waals surface area contributed by atoms with Crippen LogP contribution in [0.2, 0.25) is 5.02 Å². The largest absolute Gasteiger partial charge is 0.505 e. The second kappa shape index (κ2) is 11.3. The third kappa shape index (κ3) is 6.58. The van der Waals surface area contributed by atoms with E-state index in [1.54, 1.807) is 24.3 Å². The summed E-state index contributed by atoms with van der Waals surface area (Å²) in [5.41, 5.74) is -1.73. The molecule has 33 heavy (non-hydrogen) atoms. The third-order valence-electron chi connectivity index (χ3n) is 5.21. The number of carboxylic acids is 1. The molecule has 0 aliphatic rings. The number of aromatic nitrogens is 1. The van der Waals surface area contributed by atoms with Gasteiger partial charge in [-0.1, -0.05) is 56.6 Å². The topological polar surface area (TPSA) is 73.7 Å². The molecule has 0 saturated carbocycles. The molecular formula is C24H26ClF3N2O3. The van der Waals surface area contributed by atoms with Gasteiger partial charge in [0.25, 0.3) is 0 Å². The van der Waals surface area contributed by atoms with Crippen LogP contribution in [0.1, 0.15) is 48.0 Å². The SMILES string of the molecule is CCN(CC)CC.O=C(O)c1c(O)c(Cc2ccc(Cl)cc2)nc2c(C(F)(F)F)cccc12. The van der Waals surface area contributed by atoms with Gasteiger partial charge < -0.3 is 15.1 Å². The first kappa shape index (κ1) is 26.4. The zero-order chi connectivity index (χ0) is 24.8. The van der Waals surface area contributed by atoms with E-state index >= 15 is 0 Å². The molecule has 9 heteroatoms. The summed E-state index contributed by atoms with van der Waals surface area (Å²) in [4.78, 5) is 17.9. The molecule has 178 valence electrons. The fourth-order valence-electron chi connectivity index (χ4n) is 3.36. The highest BCUT2D eigenvalue weighted by Gasteiger charge is 2.34. The lowest BCUT2D eigenvalue weighted by Gasteiger charge is -2.14. The number of alkyl halides is 3. The Hall–Kier alpha value is -2.84. The van der Waals surface area contributed by atoms with Gasteiger partial charge in [0, 0.05) is 16.8 Å². The Balaban J connectivity index is 0.000000479. The Labute approximate surface area is 195 Å². The molecular weight excluding hydrogens is 457 g/mol. The highest BCUT2D eigenvalue weighted by atomic mass is 35.5. The lowest BCUT2D eigenvalue weighted by Crippen LogP contribution is -2.21. The number of aromatic carboxylic acids is 1. The van der Waals surface area contributed by atoms with Crippen LogP contribution in [0.15, 0.2) is 42.5 Å². The summed E-state index contributed by atoms with van der Waals surface area (Å²) >= 11 is 5.79. The predicted molar refractivity (Wildman–Crippen MR) is 123 cm³/mol. The van der Waals surface area contributed by atoms with Crippen molar-refractivity contribution in [2.45, 2.75) is 33.4 Å². The molecule has 0 aliphatic heterocycles. The van der Waals surface area contributed by atoms with Crippen molar-refractivity contribution in [2.75, 3.05) is 19.6 Å². The number of para-hydroxylation sites is 1. The molecule has 5 nitrogen and oxygen atoms in total. The van der Waals surface area contributed by atoms with E-state index in [2.05, 4.69) is 30.7 Å². The van der Waals surface area contributed by atoms with E-state index in [0.29, 0.717) is 10.6 Å². The Morgan fingerprint density at radius 2 is 1.61 bits per heavy atom. The summed E-state index contributed by atoms with van der Waals surface area (Å²) in [6.07, 6.45) is -4.76. The number of hydrogen-bond acceptors (Lipinski definition) is 4. The minimum absolute atomic E-state index is 0.0502. The van der Waals surface area contributed by atoms with E-state index in [4.69, 9.17) is 11.6 Å². The van der Waals surface area contributed by atoms with Gasteiger partial charge in [-0.25, -0.2) is 9.78 Å². The average molecular weight is 483 g/mol. The highest BCUT2D eigenvalue weighted by molar-refractivity contribution is 6.30. The fourth-order valence-corrected chi connectivity index (χ4v) is 3.49. The summed E-state index contributed by atoms with van der Waals surface area (Å²) < 4.78 is 39.9. The van der Waals surface area contributed by atoms with E-state index < -0.39 is 34.5 Å². The van der Waals surface area contributed by atoms with Crippen molar-refractivity contribution < 1.29 is 28.2 Å². The monoisotopic (exact) mass is 482 g/mol. The summed E-state index contributed by atoms with van der Waals surface area (Å²) in [7, 11) is 0. The second-order valence-electron chi connectivity index (χ2n) is 7.21. The van der Waals surface area contributed by atoms with Crippen molar-refractivity contribution >= 4 is 28.5 Å². The van der Waals surface area contributed by atoms with Crippen LogP contribution in [0.25, 0.3) is 10.9 Å². The molecule has 0 spiro atoms. The summed E-state index contributed by atoms with van der Waals surface area (Å²) in [6.45, 7) is 10.1. The van der Waals surface area contributed by atoms with Crippen LogP contribution in [-0.2, 0) is 12.6 Å². The van der Waals surface area contributed by atoms with E-state index in [1.165, 1.54) is 25.7 Å². The maximum absolute atomic E-state index is 13.3. The number of hydrogen-bond donors (Lipinski definition) is 2. The number of rotatable bonds is 6. The fraction of sp³-hybridized carbons (Fsp3) is 0.333. The van der Waals surface area contributed by atoms with Crippen LogP contribution < -0.4 is 0 Å². The number of fused-ring (bicyclic) bond motifs is 1. The zero-order valence-corrected chi connectivity index (χ0v) is 19.3. The van der Waals surface area contributed by atoms with Crippen LogP contribution in [0.3, 0.4) is 0 Å². The molecule has 0 saturated heterocycles. The van der Waals surface area contributed by atoms with Crippen LogP contribution >= 0.6 is 11.6 Å². The lowest BCUT2D eigenvalue weighted by atomic mass is 10.00. The van der Waals surface area contributed by atoms with Crippen LogP contribution in [-0.4, -0.2) is 45.7 Å². The average Bonchev–Trinajstić information content (AvgIpc) is 2.76. The van der Waals surface area contributed by atoms with E-state index in [9.17, 15) is 28.2 Å². The lowest BCUT2D eigenvalue weighted by molar-refractivity contribution is -0.136. The van der Waals surface area contributed by atoms with Gasteiger partial charge in [0.05, 0.1) is 16.8 Å². The first-order valence-corrected chi connectivity index (χ1v) is 10.8. The van der Waals surface area contributed by atoms with Gasteiger partial charge >= 0.3 is 12.1 Å². The van der Waals surface area contributed by atoms with Gasteiger partial charge in [-0.3, -0.25) is 0 Å². The van der Waals surface area contributed by atoms with Crippen molar-refractivity contribution in [1.82, 2.24) is 9.88 Å². The standard InChI is InChI=1S/C18H11ClF3NO3.C6H15N/c19-10-6-4-9(5-7-10)8-13-16(24)14(17(25)26)11-2-1-3-12(15(11)23-13)18(20,21)22;1-4-7(5-2)6-3/h1-7,24H,8H2,(H,25,26);4-6H2,1-3H3. The summed E-state index contributed by atoms with van der Waals surface area (Å²) in [5.74, 6) is -2.19. The summed E-state index contributed by atoms with van der Waals surface area (Å²) in [5, 5.41) is 19.9. The number of benzene rings is 2. The third-order valence-corrected chi connectivity index (χ3v) is 5.46. The van der Waals surface area contributed by atoms with E-state index in [0.717, 1.165) is 12.1 Å². The molecule has 3 aromatic rings. The van der Waals surface area contributed by atoms with Gasteiger partial charge in [-0.05, 0) is 43.4 Å². The first-order chi connectivity index (χ1) is 15.5. The first-order valence-electron chi connectivity index (χ1n) is 10.4. The molecule has 1 aromatic heterocycles. The van der Waals surface area contributed by atoms with Gasteiger partial charge in [0.2, 0.25) is 0 Å². The molecule has 1 heterocycles. The molecule has 0 aliphatic carbocycles. The molecule has 0 atom stereocenters. The number of aromatic hydroxyl groups is 1. The van der Waals surface area contributed by atoms with Gasteiger partial charge in [-0.15, -0.1) is 0 Å². The highest BCUT2D eigenvalue weighted by Crippen LogP contribution is 2.38. The minimum atomic E-state index is -4.71. The van der Waals surface area contributed by atoms with Crippen LogP contribution in [0, 0.1) is 0 Å². The minimum Gasteiger partial charge on any atom is -0.505 e. The zero-order valence-electron chi connectivity index (χ0n) is 18.6. The molecule has 2 aromatic carbocycles. The molecule has 0 unspecified atom stereocenters. The predicted octanol–water partition coefficient (Wildman–Crippen LogP) is 6.25. The number of carbonyl (C=O) groups is 1. The van der Waals surface area contributed by atoms with Gasteiger partial charge in [0.1, 0.15) is 5.56 Å². The number of nitrogens with zero attached hydrogens (tertiary/aromatic N) is 2. The van der Waals surface area contributed by atoms with Crippen molar-refractivity contribution in [2.24, 2.45) is 0 Å².